The van der Waals surface area contributed by atoms with Crippen LogP contribution in [0.5, 0.6) is 17.5 Å². The van der Waals surface area contributed by atoms with Gasteiger partial charge in [0.05, 0.1) is 26.5 Å². The van der Waals surface area contributed by atoms with E-state index in [1.165, 1.54) is 49.8 Å². The molecule has 0 saturated carbocycles. The van der Waals surface area contributed by atoms with Gasteiger partial charge in [-0.15, -0.1) is 23.5 Å². The van der Waals surface area contributed by atoms with Gasteiger partial charge in [0.1, 0.15) is 10.6 Å². The molecule has 1 aliphatic heterocycles. The van der Waals surface area contributed by atoms with Crippen molar-refractivity contribution in [2.24, 2.45) is 0 Å². The normalized spacial score (nSPS) is 14.2. The first-order chi connectivity index (χ1) is 14.1. The molecular weight excluding hydrogens is 433 g/mol. The molecule has 0 fully saturated rings. The smallest absolute Gasteiger partial charge is 0.481 e. The van der Waals surface area contributed by atoms with Crippen LogP contribution in [0.2, 0.25) is 0 Å². The van der Waals surface area contributed by atoms with Gasteiger partial charge in [-0.3, -0.25) is 0 Å². The van der Waals surface area contributed by atoms with Crippen LogP contribution in [0.4, 0.5) is 19.1 Å². The Hall–Kier alpha value is -3.30. The number of para-hydroxylation sites is 1. The highest BCUT2D eigenvalue weighted by molar-refractivity contribution is 7.89. The molecule has 0 radical (unpaired) electrons. The van der Waals surface area contributed by atoms with Gasteiger partial charge in [0.25, 0.3) is 16.0 Å². The maximum Gasteiger partial charge on any atom is 0.573 e. The van der Waals surface area contributed by atoms with Crippen molar-refractivity contribution in [3.05, 3.63) is 42.7 Å². The highest BCUT2D eigenvalue weighted by Crippen LogP contribution is 2.29. The van der Waals surface area contributed by atoms with E-state index < -0.39 is 27.0 Å². The third-order valence-corrected chi connectivity index (χ3v) is 4.82. The number of sulfonamides is 1. The summed E-state index contributed by atoms with van der Waals surface area (Å²) >= 11 is 0. The van der Waals surface area contributed by atoms with Crippen LogP contribution in [0.3, 0.4) is 0 Å². The van der Waals surface area contributed by atoms with Gasteiger partial charge >= 0.3 is 6.36 Å². The number of benzene rings is 1. The Labute approximate surface area is 168 Å². The van der Waals surface area contributed by atoms with Crippen LogP contribution in [-0.4, -0.2) is 44.1 Å². The lowest BCUT2D eigenvalue weighted by atomic mass is 10.3. The van der Waals surface area contributed by atoms with E-state index >= 15 is 0 Å². The zero-order valence-corrected chi connectivity index (χ0v) is 16.2. The first kappa shape index (κ1) is 21.4. The Balaban J connectivity index is 1.77. The number of anilines is 1. The highest BCUT2D eigenvalue weighted by Gasteiger charge is 2.34. The van der Waals surface area contributed by atoms with Gasteiger partial charge in [-0.05, 0) is 12.1 Å². The predicted octanol–water partition coefficient (Wildman–Crippen LogP) is 1.30. The van der Waals surface area contributed by atoms with Gasteiger partial charge in [0, 0.05) is 6.20 Å². The number of nitrogens with zero attached hydrogens (tertiary/aromatic N) is 4. The van der Waals surface area contributed by atoms with E-state index in [4.69, 9.17) is 9.47 Å². The molecule has 1 aromatic heterocycles. The summed E-state index contributed by atoms with van der Waals surface area (Å²) in [5.41, 5.74) is 2.57. The van der Waals surface area contributed by atoms with Crippen molar-refractivity contribution in [2.45, 2.75) is 11.3 Å². The second kappa shape index (κ2) is 8.21. The minimum absolute atomic E-state index is 0.0463. The van der Waals surface area contributed by atoms with Crippen molar-refractivity contribution < 1.29 is 35.8 Å². The zero-order chi connectivity index (χ0) is 21.9. The fourth-order valence-electron chi connectivity index (χ4n) is 2.25. The van der Waals surface area contributed by atoms with Gasteiger partial charge < -0.3 is 14.2 Å². The standard InChI is InChI=1S/C15H15F3N6O5S/c1-27-12-9-13(28-2)20-14(19-12)23-7-8-24(21-23)22-30(25,26)11-6-4-3-5-10(11)29-15(16,17)18/h3-9,21-22H,1-2H3. The number of methoxy groups -OCH3 is 2. The lowest BCUT2D eigenvalue weighted by molar-refractivity contribution is -0.275. The van der Waals surface area contributed by atoms with Crippen molar-refractivity contribution in [3.63, 3.8) is 0 Å². The minimum Gasteiger partial charge on any atom is -0.481 e. The number of aromatic nitrogens is 2. The molecule has 2 aromatic rings. The Morgan fingerprint density at radius 3 is 2.30 bits per heavy atom. The van der Waals surface area contributed by atoms with Crippen LogP contribution in [0.1, 0.15) is 0 Å². The number of rotatable bonds is 7. The summed E-state index contributed by atoms with van der Waals surface area (Å²) in [6.45, 7) is 0. The molecule has 0 amide bonds. The second-order valence-corrected chi connectivity index (χ2v) is 7.11. The van der Waals surface area contributed by atoms with Crippen molar-refractivity contribution in [1.82, 2.24) is 25.5 Å². The van der Waals surface area contributed by atoms with Crippen molar-refractivity contribution in [1.29, 1.82) is 0 Å². The molecular formula is C15H15F3N6O5S. The lowest BCUT2D eigenvalue weighted by Gasteiger charge is -2.22. The zero-order valence-electron chi connectivity index (χ0n) is 15.4. The number of ether oxygens (including phenoxy) is 3. The molecule has 0 saturated heterocycles. The molecule has 0 aliphatic carbocycles. The maximum absolute atomic E-state index is 12.6. The molecule has 0 spiro atoms. The van der Waals surface area contributed by atoms with E-state index in [0.717, 1.165) is 17.3 Å². The molecule has 1 aromatic carbocycles. The van der Waals surface area contributed by atoms with E-state index in [1.807, 2.05) is 0 Å². The summed E-state index contributed by atoms with van der Waals surface area (Å²) in [6, 6.07) is 5.76. The van der Waals surface area contributed by atoms with Gasteiger partial charge in [-0.25, -0.2) is 18.5 Å². The second-order valence-electron chi connectivity index (χ2n) is 5.48. The van der Waals surface area contributed by atoms with E-state index in [-0.39, 0.29) is 17.7 Å². The van der Waals surface area contributed by atoms with Crippen LogP contribution in [-0.2, 0) is 10.0 Å². The van der Waals surface area contributed by atoms with Crippen LogP contribution in [0.25, 0.3) is 0 Å². The van der Waals surface area contributed by atoms with Crippen LogP contribution < -0.4 is 29.6 Å². The Morgan fingerprint density at radius 2 is 1.70 bits per heavy atom. The van der Waals surface area contributed by atoms with Gasteiger partial charge in [-0.2, -0.15) is 9.97 Å². The molecule has 30 heavy (non-hydrogen) atoms. The number of hydrogen-bond donors (Lipinski definition) is 2. The van der Waals surface area contributed by atoms with E-state index in [2.05, 4.69) is 25.1 Å². The molecule has 1 aliphatic rings. The highest BCUT2D eigenvalue weighted by atomic mass is 32.2. The van der Waals surface area contributed by atoms with E-state index in [0.29, 0.717) is 0 Å². The van der Waals surface area contributed by atoms with Crippen molar-refractivity contribution in [2.75, 3.05) is 19.2 Å². The van der Waals surface area contributed by atoms with Crippen molar-refractivity contribution in [3.8, 4) is 17.5 Å². The van der Waals surface area contributed by atoms with Gasteiger partial charge in [-0.1, -0.05) is 12.1 Å². The quantitative estimate of drug-likeness (QED) is 0.642. The molecule has 162 valence electrons. The number of halogens is 3. The first-order valence-electron chi connectivity index (χ1n) is 7.98. The molecule has 15 heteroatoms. The average molecular weight is 448 g/mol. The molecule has 0 unspecified atom stereocenters. The number of hydrazine groups is 3. The van der Waals surface area contributed by atoms with Crippen LogP contribution >= 0.6 is 0 Å². The Kier molecular flexibility index (Phi) is 5.86. The molecule has 2 heterocycles. The summed E-state index contributed by atoms with van der Waals surface area (Å²) in [5, 5.41) is 2.08. The Morgan fingerprint density at radius 1 is 1.07 bits per heavy atom. The van der Waals surface area contributed by atoms with E-state index in [9.17, 15) is 21.6 Å². The average Bonchev–Trinajstić information content (AvgIpc) is 3.14. The number of nitrogens with one attached hydrogen (secondary N) is 2. The third kappa shape index (κ3) is 5.00. The fraction of sp³-hybridized carbons (Fsp3) is 0.200. The first-order valence-corrected chi connectivity index (χ1v) is 9.47. The summed E-state index contributed by atoms with van der Waals surface area (Å²) in [4.78, 5) is 9.49. The molecule has 2 N–H and O–H groups in total. The summed E-state index contributed by atoms with van der Waals surface area (Å²) < 4.78 is 76.7. The number of alkyl halides is 3. The third-order valence-electron chi connectivity index (χ3n) is 3.46. The maximum atomic E-state index is 12.6. The SMILES string of the molecule is COc1cc(OC)nc(N2C=CN(NS(=O)(=O)c3ccccc3OC(F)(F)F)N2)n1. The molecule has 3 rings (SSSR count). The van der Waals surface area contributed by atoms with Crippen LogP contribution in [0.15, 0.2) is 47.6 Å². The molecule has 11 nitrogen and oxygen atoms in total. The molecule has 0 bridgehead atoms. The topological polar surface area (TPSA) is 118 Å². The Bertz CT molecular complexity index is 1030. The summed E-state index contributed by atoms with van der Waals surface area (Å²) in [5.74, 6) is -0.461. The summed E-state index contributed by atoms with van der Waals surface area (Å²) in [6.07, 6.45) is -2.47. The number of hydrogen-bond acceptors (Lipinski definition) is 10. The largest absolute Gasteiger partial charge is 0.573 e. The van der Waals surface area contributed by atoms with E-state index in [1.54, 1.807) is 0 Å². The minimum atomic E-state index is -5.06. The predicted molar refractivity (Wildman–Crippen MR) is 95.2 cm³/mol. The summed E-state index contributed by atoms with van der Waals surface area (Å²) in [7, 11) is -1.68. The fourth-order valence-corrected chi connectivity index (χ4v) is 3.34. The van der Waals surface area contributed by atoms with Crippen molar-refractivity contribution >= 4 is 16.0 Å². The monoisotopic (exact) mass is 448 g/mol. The molecule has 0 atom stereocenters. The lowest BCUT2D eigenvalue weighted by Crippen LogP contribution is -2.49. The van der Waals surface area contributed by atoms with Gasteiger partial charge in [0.15, 0.2) is 0 Å². The van der Waals surface area contributed by atoms with Gasteiger partial charge in [0.2, 0.25) is 11.8 Å². The van der Waals surface area contributed by atoms with Crippen LogP contribution in [0, 0.1) is 0 Å².